The van der Waals surface area contributed by atoms with E-state index in [-0.39, 0.29) is 12.2 Å². The highest BCUT2D eigenvalue weighted by Crippen LogP contribution is 2.10. The van der Waals surface area contributed by atoms with Crippen LogP contribution in [0.1, 0.15) is 46.0 Å². The van der Waals surface area contributed by atoms with Crippen LogP contribution in [0.3, 0.4) is 0 Å². The summed E-state index contributed by atoms with van der Waals surface area (Å²) in [5.74, 6) is 0.0950. The van der Waals surface area contributed by atoms with Gasteiger partial charge in [0.1, 0.15) is 0 Å². The first kappa shape index (κ1) is 15.1. The summed E-state index contributed by atoms with van der Waals surface area (Å²) in [6.45, 7) is 5.15. The Labute approximate surface area is 110 Å². The molecule has 1 rings (SSSR count). The van der Waals surface area contributed by atoms with Gasteiger partial charge in [0.15, 0.2) is 6.29 Å². The Balaban J connectivity index is 2.30. The second-order valence-corrected chi connectivity index (χ2v) is 4.66. The molecule has 3 N–H and O–H groups in total. The summed E-state index contributed by atoms with van der Waals surface area (Å²) < 4.78 is 0. The summed E-state index contributed by atoms with van der Waals surface area (Å²) in [6, 6.07) is 0.522. The molecule has 0 bridgehead atoms. The Morgan fingerprint density at radius 2 is 2.28 bits per heavy atom. The lowest BCUT2D eigenvalue weighted by Gasteiger charge is -2.29. The van der Waals surface area contributed by atoms with Crippen LogP contribution in [0.5, 0.6) is 0 Å². The Morgan fingerprint density at radius 3 is 2.89 bits per heavy atom. The predicted molar refractivity (Wildman–Crippen MR) is 74.6 cm³/mol. The number of carbonyl (C=O) groups is 1. The smallest absolute Gasteiger partial charge is 0.219 e. The second-order valence-electron chi connectivity index (χ2n) is 4.66. The molecule has 1 aliphatic heterocycles. The van der Waals surface area contributed by atoms with Gasteiger partial charge in [-0.3, -0.25) is 20.4 Å². The molecule has 0 fully saturated rings. The molecule has 1 heterocycles. The van der Waals surface area contributed by atoms with Gasteiger partial charge in [0.05, 0.1) is 0 Å². The van der Waals surface area contributed by atoms with Crippen molar-refractivity contribution in [1.82, 2.24) is 16.0 Å². The van der Waals surface area contributed by atoms with Gasteiger partial charge in [-0.1, -0.05) is 13.8 Å². The Kier molecular flexibility index (Phi) is 6.90. The van der Waals surface area contributed by atoms with Crippen molar-refractivity contribution in [1.29, 1.82) is 0 Å². The zero-order valence-electron chi connectivity index (χ0n) is 11.8. The van der Waals surface area contributed by atoms with Crippen LogP contribution in [0.25, 0.3) is 0 Å². The third-order valence-electron chi connectivity index (χ3n) is 3.29. The minimum atomic E-state index is 0.0170. The van der Waals surface area contributed by atoms with Gasteiger partial charge in [-0.15, -0.1) is 0 Å². The fraction of sp³-hybridized carbons (Fsp3) is 0.846. The number of nitrogens with one attached hydrogen (secondary N) is 3. The van der Waals surface area contributed by atoms with Crippen molar-refractivity contribution in [3.8, 4) is 0 Å². The van der Waals surface area contributed by atoms with Gasteiger partial charge in [-0.05, 0) is 25.8 Å². The summed E-state index contributed by atoms with van der Waals surface area (Å²) in [4.78, 5) is 15.7. The lowest BCUT2D eigenvalue weighted by atomic mass is 10.0. The standard InChI is InChI=1S/C13H26N4O/c1-4-10-9-11(5-2)17-13(16-10)15-8-6-7-12(18)14-3/h10,13,15-16H,4-9H2,1-3H3,(H,14,18). The molecule has 18 heavy (non-hydrogen) atoms. The Hall–Kier alpha value is -0.940. The molecule has 1 aliphatic rings. The minimum Gasteiger partial charge on any atom is -0.359 e. The van der Waals surface area contributed by atoms with Crippen LogP contribution < -0.4 is 16.0 Å². The van der Waals surface area contributed by atoms with E-state index in [1.165, 1.54) is 5.71 Å². The zero-order chi connectivity index (χ0) is 13.4. The van der Waals surface area contributed by atoms with Crippen LogP contribution in [0.4, 0.5) is 0 Å². The molecule has 104 valence electrons. The average Bonchev–Trinajstić information content (AvgIpc) is 2.42. The molecule has 2 atom stereocenters. The van der Waals surface area contributed by atoms with Crippen molar-refractivity contribution in [2.24, 2.45) is 4.99 Å². The maximum absolute atomic E-state index is 11.1. The van der Waals surface area contributed by atoms with Gasteiger partial charge in [0.2, 0.25) is 5.91 Å². The molecule has 0 aliphatic carbocycles. The fourth-order valence-corrected chi connectivity index (χ4v) is 2.05. The summed E-state index contributed by atoms with van der Waals surface area (Å²) in [5.41, 5.74) is 1.28. The third kappa shape index (κ3) is 5.14. The van der Waals surface area contributed by atoms with Crippen LogP contribution in [-0.4, -0.2) is 37.5 Å². The molecule has 0 saturated heterocycles. The Morgan fingerprint density at radius 1 is 1.50 bits per heavy atom. The molecule has 5 nitrogen and oxygen atoms in total. The summed E-state index contributed by atoms with van der Waals surface area (Å²) >= 11 is 0. The number of amides is 1. The van der Waals surface area contributed by atoms with E-state index < -0.39 is 0 Å². The molecular weight excluding hydrogens is 228 g/mol. The zero-order valence-corrected chi connectivity index (χ0v) is 11.8. The highest BCUT2D eigenvalue weighted by molar-refractivity contribution is 5.85. The molecule has 0 aromatic rings. The van der Waals surface area contributed by atoms with E-state index in [0.717, 1.165) is 32.2 Å². The van der Waals surface area contributed by atoms with E-state index in [1.54, 1.807) is 7.05 Å². The van der Waals surface area contributed by atoms with E-state index in [4.69, 9.17) is 0 Å². The van der Waals surface area contributed by atoms with Crippen molar-refractivity contribution in [3.63, 3.8) is 0 Å². The molecule has 1 amide bonds. The molecule has 5 heteroatoms. The van der Waals surface area contributed by atoms with Gasteiger partial charge in [-0.25, -0.2) is 0 Å². The van der Waals surface area contributed by atoms with Gasteiger partial charge in [-0.2, -0.15) is 0 Å². The molecule has 2 unspecified atom stereocenters. The van der Waals surface area contributed by atoms with Gasteiger partial charge < -0.3 is 5.32 Å². The summed E-state index contributed by atoms with van der Waals surface area (Å²) in [6.07, 6.45) is 4.62. The molecule has 0 aromatic carbocycles. The number of aliphatic imine (C=N–C) groups is 1. The van der Waals surface area contributed by atoms with Crippen LogP contribution >= 0.6 is 0 Å². The number of hydrogen-bond acceptors (Lipinski definition) is 4. The van der Waals surface area contributed by atoms with E-state index in [1.807, 2.05) is 0 Å². The van der Waals surface area contributed by atoms with E-state index in [2.05, 4.69) is 34.8 Å². The van der Waals surface area contributed by atoms with Crippen LogP contribution in [0.2, 0.25) is 0 Å². The van der Waals surface area contributed by atoms with Gasteiger partial charge in [0.25, 0.3) is 0 Å². The molecule has 0 saturated carbocycles. The SMILES string of the molecule is CCC1=NC(NCCCC(=O)NC)NC(CC)C1. The first-order valence-corrected chi connectivity index (χ1v) is 6.95. The van der Waals surface area contributed by atoms with Gasteiger partial charge >= 0.3 is 0 Å². The Bertz CT molecular complexity index is 291. The lowest BCUT2D eigenvalue weighted by molar-refractivity contribution is -0.120. The van der Waals surface area contributed by atoms with Crippen molar-refractivity contribution in [2.75, 3.05) is 13.6 Å². The van der Waals surface area contributed by atoms with E-state index >= 15 is 0 Å². The average molecular weight is 254 g/mol. The minimum absolute atomic E-state index is 0.0170. The van der Waals surface area contributed by atoms with Crippen LogP contribution in [0.15, 0.2) is 4.99 Å². The van der Waals surface area contributed by atoms with Gasteiger partial charge in [0, 0.05) is 31.6 Å². The third-order valence-corrected chi connectivity index (χ3v) is 3.29. The second kappa shape index (κ2) is 8.21. The first-order chi connectivity index (χ1) is 8.69. The topological polar surface area (TPSA) is 65.5 Å². The number of carbonyl (C=O) groups excluding carboxylic acids is 1. The summed E-state index contributed by atoms with van der Waals surface area (Å²) in [5, 5.41) is 9.45. The van der Waals surface area contributed by atoms with E-state index in [0.29, 0.717) is 12.5 Å². The highest BCUT2D eigenvalue weighted by Gasteiger charge is 2.19. The van der Waals surface area contributed by atoms with E-state index in [9.17, 15) is 4.79 Å². The lowest BCUT2D eigenvalue weighted by Crippen LogP contribution is -2.50. The number of hydrogen-bond donors (Lipinski definition) is 3. The maximum Gasteiger partial charge on any atom is 0.219 e. The van der Waals surface area contributed by atoms with Crippen molar-refractivity contribution >= 4 is 11.6 Å². The van der Waals surface area contributed by atoms with Crippen LogP contribution in [-0.2, 0) is 4.79 Å². The highest BCUT2D eigenvalue weighted by atomic mass is 16.1. The molecular formula is C13H26N4O. The molecule has 0 radical (unpaired) electrons. The summed E-state index contributed by atoms with van der Waals surface area (Å²) in [7, 11) is 1.67. The van der Waals surface area contributed by atoms with Crippen molar-refractivity contribution < 1.29 is 4.79 Å². The molecule has 0 aromatic heterocycles. The van der Waals surface area contributed by atoms with Crippen LogP contribution in [0, 0.1) is 0 Å². The largest absolute Gasteiger partial charge is 0.359 e. The van der Waals surface area contributed by atoms with Crippen molar-refractivity contribution in [3.05, 3.63) is 0 Å². The number of nitrogens with zero attached hydrogens (tertiary/aromatic N) is 1. The molecule has 0 spiro atoms. The quantitative estimate of drug-likeness (QED) is 0.594. The fourth-order valence-electron chi connectivity index (χ4n) is 2.05. The normalized spacial score (nSPS) is 23.6. The number of rotatable bonds is 7. The first-order valence-electron chi connectivity index (χ1n) is 6.95. The maximum atomic E-state index is 11.1. The monoisotopic (exact) mass is 254 g/mol. The van der Waals surface area contributed by atoms with Crippen molar-refractivity contribution in [2.45, 2.75) is 58.3 Å². The predicted octanol–water partition coefficient (Wildman–Crippen LogP) is 1.01.